The largest absolute Gasteiger partial charge is 0.508 e. The van der Waals surface area contributed by atoms with E-state index in [4.69, 9.17) is 4.74 Å². The summed E-state index contributed by atoms with van der Waals surface area (Å²) in [6, 6.07) is 9.05. The van der Waals surface area contributed by atoms with E-state index in [1.54, 1.807) is 25.1 Å². The summed E-state index contributed by atoms with van der Waals surface area (Å²) in [6.07, 6.45) is 0. The molecule has 7 heteroatoms. The molecule has 1 amide bonds. The molecule has 6 nitrogen and oxygen atoms in total. The number of nitrogens with zero attached hydrogens (tertiary/aromatic N) is 1. The molecular weight excluding hydrogens is 364 g/mol. The van der Waals surface area contributed by atoms with Crippen LogP contribution in [0.25, 0.3) is 0 Å². The Hall–Kier alpha value is -2.54. The van der Waals surface area contributed by atoms with Crippen LogP contribution in [-0.2, 0) is 0 Å². The van der Waals surface area contributed by atoms with Gasteiger partial charge in [0.1, 0.15) is 17.2 Å². The van der Waals surface area contributed by atoms with Gasteiger partial charge in [0.25, 0.3) is 5.91 Å². The summed E-state index contributed by atoms with van der Waals surface area (Å²) in [5, 5.41) is 23.0. The molecule has 0 aliphatic rings. The van der Waals surface area contributed by atoms with Crippen LogP contribution in [0.3, 0.4) is 0 Å². The number of benzene rings is 2. The molecule has 0 saturated heterocycles. The summed E-state index contributed by atoms with van der Waals surface area (Å²) in [7, 11) is 1.54. The Morgan fingerprint density at radius 2 is 1.96 bits per heavy atom. The van der Waals surface area contributed by atoms with E-state index in [0.717, 1.165) is 0 Å². The van der Waals surface area contributed by atoms with Crippen LogP contribution in [0.5, 0.6) is 17.2 Å². The maximum Gasteiger partial charge on any atom is 0.271 e. The van der Waals surface area contributed by atoms with Gasteiger partial charge in [0.05, 0.1) is 17.3 Å². The van der Waals surface area contributed by atoms with Gasteiger partial charge in [0, 0.05) is 17.2 Å². The number of hydrogen-bond acceptors (Lipinski definition) is 5. The minimum absolute atomic E-state index is 0.0498. The number of phenolic OH excluding ortho intramolecular Hbond substituents is 2. The van der Waals surface area contributed by atoms with Gasteiger partial charge in [-0.25, -0.2) is 5.43 Å². The third kappa shape index (κ3) is 4.01. The van der Waals surface area contributed by atoms with E-state index in [9.17, 15) is 15.0 Å². The van der Waals surface area contributed by atoms with Crippen LogP contribution >= 0.6 is 15.9 Å². The topological polar surface area (TPSA) is 91.2 Å². The first-order valence-electron chi connectivity index (χ1n) is 6.63. The standard InChI is InChI=1S/C16H15BrN2O4/c1-9(12-5-4-11(20)8-14(12)21)18-19-16(22)10-3-6-15(23-2)13(17)7-10/h3-8,20-21H,1-2H3,(H,19,22). The summed E-state index contributed by atoms with van der Waals surface area (Å²) in [4.78, 5) is 12.1. The molecule has 0 aromatic heterocycles. The Balaban J connectivity index is 2.15. The molecule has 0 radical (unpaired) electrons. The number of aromatic hydroxyl groups is 2. The van der Waals surface area contributed by atoms with Gasteiger partial charge in [-0.05, 0) is 53.2 Å². The van der Waals surface area contributed by atoms with Gasteiger partial charge in [-0.15, -0.1) is 0 Å². The summed E-state index contributed by atoms with van der Waals surface area (Å²) in [6.45, 7) is 1.64. The smallest absolute Gasteiger partial charge is 0.271 e. The number of methoxy groups -OCH3 is 1. The monoisotopic (exact) mass is 378 g/mol. The lowest BCUT2D eigenvalue weighted by Crippen LogP contribution is -2.19. The Morgan fingerprint density at radius 3 is 2.57 bits per heavy atom. The first-order valence-corrected chi connectivity index (χ1v) is 7.42. The fraction of sp³-hybridized carbons (Fsp3) is 0.125. The number of carbonyl (C=O) groups excluding carboxylic acids is 1. The van der Waals surface area contributed by atoms with E-state index in [1.807, 2.05) is 0 Å². The highest BCUT2D eigenvalue weighted by molar-refractivity contribution is 9.10. The first-order chi connectivity index (χ1) is 10.9. The van der Waals surface area contributed by atoms with Crippen molar-refractivity contribution in [3.8, 4) is 17.2 Å². The molecule has 0 aliphatic carbocycles. The number of amides is 1. The molecule has 0 atom stereocenters. The zero-order valence-corrected chi connectivity index (χ0v) is 14.1. The number of carbonyl (C=O) groups is 1. The van der Waals surface area contributed by atoms with Gasteiger partial charge >= 0.3 is 0 Å². The lowest BCUT2D eigenvalue weighted by molar-refractivity contribution is 0.0954. The average Bonchev–Trinajstić information content (AvgIpc) is 2.52. The fourth-order valence-corrected chi connectivity index (χ4v) is 2.43. The van der Waals surface area contributed by atoms with Crippen molar-refractivity contribution in [3.05, 3.63) is 52.0 Å². The summed E-state index contributed by atoms with van der Waals surface area (Å²) >= 11 is 3.31. The van der Waals surface area contributed by atoms with E-state index in [2.05, 4.69) is 26.5 Å². The van der Waals surface area contributed by atoms with Gasteiger partial charge < -0.3 is 14.9 Å². The molecule has 0 saturated carbocycles. The summed E-state index contributed by atoms with van der Waals surface area (Å²) < 4.78 is 5.76. The van der Waals surface area contributed by atoms with Gasteiger partial charge in [-0.3, -0.25) is 4.79 Å². The predicted octanol–water partition coefficient (Wildman–Crippen LogP) is 3.02. The highest BCUT2D eigenvalue weighted by atomic mass is 79.9. The fourth-order valence-electron chi connectivity index (χ4n) is 1.89. The number of hydrogen-bond donors (Lipinski definition) is 3. The second-order valence-electron chi connectivity index (χ2n) is 4.69. The predicted molar refractivity (Wildman–Crippen MR) is 90.1 cm³/mol. The van der Waals surface area contributed by atoms with Gasteiger partial charge in [0.2, 0.25) is 0 Å². The van der Waals surface area contributed by atoms with Crippen LogP contribution in [0.2, 0.25) is 0 Å². The molecule has 0 aliphatic heterocycles. The van der Waals surface area contributed by atoms with E-state index >= 15 is 0 Å². The molecular formula is C16H15BrN2O4. The van der Waals surface area contributed by atoms with Crippen molar-refractivity contribution in [1.29, 1.82) is 0 Å². The first kappa shape index (κ1) is 16.8. The Bertz CT molecular complexity index is 775. The van der Waals surface area contributed by atoms with Crippen molar-refractivity contribution in [3.63, 3.8) is 0 Å². The van der Waals surface area contributed by atoms with Crippen LogP contribution in [0.1, 0.15) is 22.8 Å². The van der Waals surface area contributed by atoms with E-state index in [-0.39, 0.29) is 11.5 Å². The quantitative estimate of drug-likeness (QED) is 0.563. The summed E-state index contributed by atoms with van der Waals surface area (Å²) in [5.41, 5.74) is 3.65. The second kappa shape index (κ2) is 7.15. The number of nitrogens with one attached hydrogen (secondary N) is 1. The third-order valence-electron chi connectivity index (χ3n) is 3.11. The molecule has 2 rings (SSSR count). The van der Waals surface area contributed by atoms with Crippen LogP contribution < -0.4 is 10.2 Å². The Labute approximate surface area is 141 Å². The molecule has 2 aromatic rings. The van der Waals surface area contributed by atoms with Crippen LogP contribution in [0.4, 0.5) is 0 Å². The average molecular weight is 379 g/mol. The van der Waals surface area contributed by atoms with E-state index < -0.39 is 5.91 Å². The van der Waals surface area contributed by atoms with Crippen LogP contribution in [0.15, 0.2) is 46.0 Å². The molecule has 23 heavy (non-hydrogen) atoms. The van der Waals surface area contributed by atoms with Crippen LogP contribution in [0, 0.1) is 0 Å². The van der Waals surface area contributed by atoms with Crippen molar-refractivity contribution in [2.24, 2.45) is 5.10 Å². The highest BCUT2D eigenvalue weighted by Gasteiger charge is 2.10. The highest BCUT2D eigenvalue weighted by Crippen LogP contribution is 2.25. The molecule has 3 N–H and O–H groups in total. The molecule has 120 valence electrons. The third-order valence-corrected chi connectivity index (χ3v) is 3.73. The number of phenols is 2. The number of ether oxygens (including phenoxy) is 1. The number of hydrazone groups is 1. The summed E-state index contributed by atoms with van der Waals surface area (Å²) in [5.74, 6) is 0.0556. The molecule has 0 bridgehead atoms. The van der Waals surface area contributed by atoms with Gasteiger partial charge in [-0.2, -0.15) is 5.10 Å². The van der Waals surface area contributed by atoms with Crippen molar-refractivity contribution < 1.29 is 19.7 Å². The van der Waals surface area contributed by atoms with Crippen molar-refractivity contribution in [2.75, 3.05) is 7.11 Å². The molecule has 0 spiro atoms. The van der Waals surface area contributed by atoms with Crippen molar-refractivity contribution in [1.82, 2.24) is 5.43 Å². The van der Waals surface area contributed by atoms with E-state index in [0.29, 0.717) is 27.1 Å². The van der Waals surface area contributed by atoms with Crippen molar-refractivity contribution >= 4 is 27.5 Å². The number of halogens is 1. The van der Waals surface area contributed by atoms with Crippen LogP contribution in [-0.4, -0.2) is 28.9 Å². The Kier molecular flexibility index (Phi) is 5.23. The van der Waals surface area contributed by atoms with Gasteiger partial charge in [0.15, 0.2) is 0 Å². The van der Waals surface area contributed by atoms with Gasteiger partial charge in [-0.1, -0.05) is 0 Å². The lowest BCUT2D eigenvalue weighted by atomic mass is 10.1. The Morgan fingerprint density at radius 1 is 1.22 bits per heavy atom. The molecule has 0 fully saturated rings. The zero-order chi connectivity index (χ0) is 17.0. The molecule has 0 unspecified atom stereocenters. The normalized spacial score (nSPS) is 11.2. The zero-order valence-electron chi connectivity index (χ0n) is 12.5. The maximum absolute atomic E-state index is 12.1. The van der Waals surface area contributed by atoms with Crippen molar-refractivity contribution in [2.45, 2.75) is 6.92 Å². The number of rotatable bonds is 4. The maximum atomic E-state index is 12.1. The molecule has 2 aromatic carbocycles. The molecule has 0 heterocycles. The van der Waals surface area contributed by atoms with E-state index in [1.165, 1.54) is 25.3 Å². The SMILES string of the molecule is COc1ccc(C(=O)NN=C(C)c2ccc(O)cc2O)cc1Br. The second-order valence-corrected chi connectivity index (χ2v) is 5.54. The minimum Gasteiger partial charge on any atom is -0.508 e. The lowest BCUT2D eigenvalue weighted by Gasteiger charge is -2.07. The minimum atomic E-state index is -0.397.